The molecule has 0 saturated heterocycles. The monoisotopic (exact) mass is 262 g/mol. The molecule has 0 aliphatic heterocycles. The molecule has 100 valence electrons. The maximum atomic E-state index is 8.58. The topological polar surface area (TPSA) is 111 Å². The summed E-state index contributed by atoms with van der Waals surface area (Å²) in [7, 11) is 0. The van der Waals surface area contributed by atoms with Gasteiger partial charge in [0.2, 0.25) is 0 Å². The highest BCUT2D eigenvalue weighted by molar-refractivity contribution is 5.95. The van der Waals surface area contributed by atoms with Crippen molar-refractivity contribution in [3.05, 3.63) is 30.4 Å². The minimum absolute atomic E-state index is 0.104. The second-order valence-electron chi connectivity index (χ2n) is 4.06. The third-order valence-electron chi connectivity index (χ3n) is 2.32. The molecule has 0 atom stereocenters. The first-order valence-electron chi connectivity index (χ1n) is 5.63. The second-order valence-corrected chi connectivity index (χ2v) is 4.06. The van der Waals surface area contributed by atoms with Gasteiger partial charge in [-0.3, -0.25) is 4.68 Å². The highest BCUT2D eigenvalue weighted by atomic mass is 16.5. The summed E-state index contributed by atoms with van der Waals surface area (Å²) in [5.41, 5.74) is 5.72. The Morgan fingerprint density at radius 2 is 2.32 bits per heavy atom. The van der Waals surface area contributed by atoms with Gasteiger partial charge in [0, 0.05) is 12.2 Å². The van der Waals surface area contributed by atoms with Gasteiger partial charge in [-0.25, -0.2) is 4.98 Å². The van der Waals surface area contributed by atoms with E-state index in [0.717, 1.165) is 0 Å². The summed E-state index contributed by atoms with van der Waals surface area (Å²) in [6.07, 6.45) is 4.77. The maximum Gasteiger partial charge on any atom is 0.322 e. The van der Waals surface area contributed by atoms with Crippen LogP contribution in [0, 0.1) is 0 Å². The Morgan fingerprint density at radius 1 is 1.53 bits per heavy atom. The van der Waals surface area contributed by atoms with Gasteiger partial charge in [-0.2, -0.15) is 10.1 Å². The Labute approximate surface area is 109 Å². The first kappa shape index (κ1) is 12.8. The molecule has 0 bridgehead atoms. The fourth-order valence-corrected chi connectivity index (χ4v) is 1.34. The molecule has 2 heterocycles. The third kappa shape index (κ3) is 2.97. The zero-order valence-electron chi connectivity index (χ0n) is 10.6. The molecule has 2 aromatic heterocycles. The van der Waals surface area contributed by atoms with Crippen LogP contribution in [0.4, 0.5) is 0 Å². The molecule has 3 N–H and O–H groups in total. The van der Waals surface area contributed by atoms with Crippen LogP contribution < -0.4 is 10.5 Å². The molecule has 0 amide bonds. The van der Waals surface area contributed by atoms with E-state index in [1.54, 1.807) is 17.1 Å². The number of aromatic nitrogens is 4. The molecular weight excluding hydrogens is 248 g/mol. The quantitative estimate of drug-likeness (QED) is 0.370. The van der Waals surface area contributed by atoms with Gasteiger partial charge in [0.1, 0.15) is 5.69 Å². The number of hydrogen-bond donors (Lipinski definition) is 2. The van der Waals surface area contributed by atoms with Crippen molar-refractivity contribution in [1.29, 1.82) is 0 Å². The minimum Gasteiger partial charge on any atom is -0.421 e. The van der Waals surface area contributed by atoms with Crippen LogP contribution in [0.5, 0.6) is 11.8 Å². The molecule has 19 heavy (non-hydrogen) atoms. The molecule has 0 aliphatic carbocycles. The standard InChI is InChI=1S/C11H14N6O2/c1-7(2)17-6-8(5-14-17)19-11-13-4-3-9(15-11)10(12)16-18/h3-7,18H,1-2H3,(H2,12,16). The van der Waals surface area contributed by atoms with E-state index in [1.165, 1.54) is 12.3 Å². The largest absolute Gasteiger partial charge is 0.421 e. The van der Waals surface area contributed by atoms with Crippen LogP contribution in [-0.4, -0.2) is 30.8 Å². The fraction of sp³-hybridized carbons (Fsp3) is 0.273. The number of ether oxygens (including phenoxy) is 1. The van der Waals surface area contributed by atoms with Gasteiger partial charge in [-0.05, 0) is 19.9 Å². The van der Waals surface area contributed by atoms with Gasteiger partial charge < -0.3 is 15.7 Å². The van der Waals surface area contributed by atoms with Gasteiger partial charge >= 0.3 is 6.01 Å². The van der Waals surface area contributed by atoms with Crippen molar-refractivity contribution in [3.63, 3.8) is 0 Å². The van der Waals surface area contributed by atoms with E-state index in [9.17, 15) is 0 Å². The van der Waals surface area contributed by atoms with Crippen molar-refractivity contribution in [3.8, 4) is 11.8 Å². The Hall–Kier alpha value is -2.64. The van der Waals surface area contributed by atoms with Gasteiger partial charge in [0.25, 0.3) is 0 Å². The van der Waals surface area contributed by atoms with Gasteiger partial charge in [-0.1, -0.05) is 5.16 Å². The first-order chi connectivity index (χ1) is 9.10. The van der Waals surface area contributed by atoms with E-state index in [2.05, 4.69) is 20.2 Å². The van der Waals surface area contributed by atoms with Crippen molar-refractivity contribution >= 4 is 5.84 Å². The Balaban J connectivity index is 2.18. The predicted molar refractivity (Wildman–Crippen MR) is 67.2 cm³/mol. The summed E-state index contributed by atoms with van der Waals surface area (Å²) in [5.74, 6) is 0.412. The Bertz CT molecular complexity index is 592. The molecule has 0 spiro atoms. The van der Waals surface area contributed by atoms with E-state index in [-0.39, 0.29) is 23.6 Å². The van der Waals surface area contributed by atoms with Crippen LogP contribution in [0.25, 0.3) is 0 Å². The molecule has 0 radical (unpaired) electrons. The zero-order chi connectivity index (χ0) is 13.8. The summed E-state index contributed by atoms with van der Waals surface area (Å²) in [6, 6.07) is 1.86. The number of nitrogens with two attached hydrogens (primary N) is 1. The summed E-state index contributed by atoms with van der Waals surface area (Å²) >= 11 is 0. The molecule has 8 nitrogen and oxygen atoms in total. The number of nitrogens with zero attached hydrogens (tertiary/aromatic N) is 5. The number of oxime groups is 1. The van der Waals surface area contributed by atoms with Crippen LogP contribution in [0.1, 0.15) is 25.6 Å². The highest BCUT2D eigenvalue weighted by Gasteiger charge is 2.08. The highest BCUT2D eigenvalue weighted by Crippen LogP contribution is 2.18. The van der Waals surface area contributed by atoms with Crippen molar-refractivity contribution in [1.82, 2.24) is 19.7 Å². The van der Waals surface area contributed by atoms with Crippen molar-refractivity contribution in [2.75, 3.05) is 0 Å². The van der Waals surface area contributed by atoms with Crippen molar-refractivity contribution in [2.45, 2.75) is 19.9 Å². The molecular formula is C11H14N6O2. The zero-order valence-corrected chi connectivity index (χ0v) is 10.6. The van der Waals surface area contributed by atoms with Crippen LogP contribution in [0.15, 0.2) is 29.8 Å². The average Bonchev–Trinajstić information content (AvgIpc) is 2.87. The van der Waals surface area contributed by atoms with Gasteiger partial charge in [-0.15, -0.1) is 0 Å². The van der Waals surface area contributed by atoms with Crippen molar-refractivity contribution in [2.24, 2.45) is 10.9 Å². The molecule has 0 unspecified atom stereocenters. The summed E-state index contributed by atoms with van der Waals surface area (Å²) < 4.78 is 7.20. The first-order valence-corrected chi connectivity index (χ1v) is 5.63. The fourth-order valence-electron chi connectivity index (χ4n) is 1.34. The van der Waals surface area contributed by atoms with E-state index >= 15 is 0 Å². The summed E-state index contributed by atoms with van der Waals surface area (Å²) in [6.45, 7) is 4.01. The third-order valence-corrected chi connectivity index (χ3v) is 2.32. The summed E-state index contributed by atoms with van der Waals surface area (Å²) in [5, 5.41) is 15.6. The predicted octanol–water partition coefficient (Wildman–Crippen LogP) is 1.14. The van der Waals surface area contributed by atoms with Crippen LogP contribution >= 0.6 is 0 Å². The lowest BCUT2D eigenvalue weighted by Gasteiger charge is -2.04. The average molecular weight is 262 g/mol. The Morgan fingerprint density at radius 3 is 2.95 bits per heavy atom. The van der Waals surface area contributed by atoms with E-state index in [4.69, 9.17) is 15.7 Å². The van der Waals surface area contributed by atoms with Crippen LogP contribution in [-0.2, 0) is 0 Å². The molecule has 0 aromatic carbocycles. The van der Waals surface area contributed by atoms with Gasteiger partial charge in [0.15, 0.2) is 11.6 Å². The molecule has 2 aromatic rings. The molecule has 0 fully saturated rings. The number of rotatable bonds is 4. The van der Waals surface area contributed by atoms with Crippen LogP contribution in [0.2, 0.25) is 0 Å². The lowest BCUT2D eigenvalue weighted by Crippen LogP contribution is -2.15. The molecule has 0 saturated carbocycles. The lowest BCUT2D eigenvalue weighted by molar-refractivity contribution is 0.318. The van der Waals surface area contributed by atoms with E-state index in [0.29, 0.717) is 5.75 Å². The number of amidine groups is 1. The molecule has 8 heteroatoms. The molecule has 2 rings (SSSR count). The molecule has 0 aliphatic rings. The SMILES string of the molecule is CC(C)n1cc(Oc2nccc(/C(N)=N/O)n2)cn1. The summed E-state index contributed by atoms with van der Waals surface area (Å²) in [4.78, 5) is 7.95. The smallest absolute Gasteiger partial charge is 0.322 e. The Kier molecular flexibility index (Phi) is 3.60. The maximum absolute atomic E-state index is 8.58. The van der Waals surface area contributed by atoms with E-state index < -0.39 is 0 Å². The van der Waals surface area contributed by atoms with Gasteiger partial charge in [0.05, 0.1) is 12.4 Å². The van der Waals surface area contributed by atoms with Crippen LogP contribution in [0.3, 0.4) is 0 Å². The normalized spacial score (nSPS) is 11.8. The lowest BCUT2D eigenvalue weighted by atomic mass is 10.4. The minimum atomic E-state index is -0.106. The van der Waals surface area contributed by atoms with Crippen molar-refractivity contribution < 1.29 is 9.94 Å². The van der Waals surface area contributed by atoms with E-state index in [1.807, 2.05) is 13.8 Å². The second kappa shape index (κ2) is 5.34. The number of hydrogen-bond acceptors (Lipinski definition) is 6.